The number of aromatic nitrogens is 2. The fourth-order valence-electron chi connectivity index (χ4n) is 2.05. The fraction of sp³-hybridized carbons (Fsp3) is 0.267. The summed E-state index contributed by atoms with van der Waals surface area (Å²) in [5.41, 5.74) is 1.06. The highest BCUT2D eigenvalue weighted by atomic mass is 79.9. The van der Waals surface area contributed by atoms with Crippen molar-refractivity contribution in [2.24, 2.45) is 0 Å². The van der Waals surface area contributed by atoms with Gasteiger partial charge in [-0.15, -0.1) is 0 Å². The normalized spacial score (nSPS) is 10.7. The highest BCUT2D eigenvalue weighted by Gasteiger charge is 2.14. The molecule has 4 nitrogen and oxygen atoms in total. The Kier molecular flexibility index (Phi) is 4.67. The molecule has 0 amide bonds. The smallest absolute Gasteiger partial charge is 0.297 e. The molecule has 6 heteroatoms. The highest BCUT2D eigenvalue weighted by molar-refractivity contribution is 9.10. The maximum atomic E-state index is 13.5. The molecule has 0 spiro atoms. The summed E-state index contributed by atoms with van der Waals surface area (Å²) in [6.07, 6.45) is -0.0515. The third kappa shape index (κ3) is 3.44. The molecule has 0 radical (unpaired) electrons. The van der Waals surface area contributed by atoms with Gasteiger partial charge in [-0.3, -0.25) is 9.36 Å². The van der Waals surface area contributed by atoms with Crippen molar-refractivity contribution < 1.29 is 9.18 Å². The SMILES string of the molecule is Cc1nc(=O)n(CC(=O)Cc2ccccc2F)c(C)c1Br. The minimum Gasteiger partial charge on any atom is -0.297 e. The molecule has 2 rings (SSSR count). The Hall–Kier alpha value is -1.82. The van der Waals surface area contributed by atoms with E-state index in [2.05, 4.69) is 20.9 Å². The molecule has 0 bridgehead atoms. The monoisotopic (exact) mass is 352 g/mol. The number of benzene rings is 1. The quantitative estimate of drug-likeness (QED) is 0.849. The first-order chi connectivity index (χ1) is 9.90. The lowest BCUT2D eigenvalue weighted by Gasteiger charge is -2.11. The number of rotatable bonds is 4. The van der Waals surface area contributed by atoms with E-state index in [0.717, 1.165) is 0 Å². The van der Waals surface area contributed by atoms with Crippen LogP contribution >= 0.6 is 15.9 Å². The van der Waals surface area contributed by atoms with Crippen LogP contribution in [0.1, 0.15) is 17.0 Å². The zero-order valence-electron chi connectivity index (χ0n) is 11.7. The summed E-state index contributed by atoms with van der Waals surface area (Å²) in [6, 6.07) is 6.11. The maximum Gasteiger partial charge on any atom is 0.348 e. The molecular formula is C15H14BrFN2O2. The van der Waals surface area contributed by atoms with Crippen LogP contribution in [0.2, 0.25) is 0 Å². The molecule has 0 unspecified atom stereocenters. The van der Waals surface area contributed by atoms with Crippen molar-refractivity contribution >= 4 is 21.7 Å². The highest BCUT2D eigenvalue weighted by Crippen LogP contribution is 2.17. The molecule has 21 heavy (non-hydrogen) atoms. The van der Waals surface area contributed by atoms with Gasteiger partial charge < -0.3 is 0 Å². The second-order valence-corrected chi connectivity index (χ2v) is 5.57. The van der Waals surface area contributed by atoms with Gasteiger partial charge in [0.15, 0.2) is 5.78 Å². The van der Waals surface area contributed by atoms with Gasteiger partial charge in [0.25, 0.3) is 0 Å². The van der Waals surface area contributed by atoms with Crippen molar-refractivity contribution in [2.45, 2.75) is 26.8 Å². The number of Topliss-reactive ketones (excluding diaryl/α,β-unsaturated/α-hetero) is 1. The molecule has 110 valence electrons. The minimum absolute atomic E-state index is 0.0515. The van der Waals surface area contributed by atoms with Crippen molar-refractivity contribution in [1.29, 1.82) is 0 Å². The fourth-order valence-corrected chi connectivity index (χ4v) is 2.35. The zero-order valence-corrected chi connectivity index (χ0v) is 13.3. The summed E-state index contributed by atoms with van der Waals surface area (Å²) in [6.45, 7) is 3.32. The first-order valence-corrected chi connectivity index (χ1v) is 7.18. The van der Waals surface area contributed by atoms with Crippen molar-refractivity contribution in [3.63, 3.8) is 0 Å². The number of hydrogen-bond acceptors (Lipinski definition) is 3. The average molecular weight is 353 g/mol. The maximum absolute atomic E-state index is 13.5. The second-order valence-electron chi connectivity index (χ2n) is 4.77. The summed E-state index contributed by atoms with van der Waals surface area (Å²) in [7, 11) is 0. The van der Waals surface area contributed by atoms with Crippen LogP contribution in [-0.2, 0) is 17.8 Å². The Balaban J connectivity index is 2.23. The summed E-state index contributed by atoms with van der Waals surface area (Å²) in [5, 5.41) is 0. The topological polar surface area (TPSA) is 52.0 Å². The Morgan fingerprint density at radius 2 is 2.00 bits per heavy atom. The lowest BCUT2D eigenvalue weighted by molar-refractivity contribution is -0.119. The van der Waals surface area contributed by atoms with Crippen LogP contribution in [0, 0.1) is 19.7 Å². The number of aryl methyl sites for hydroxylation is 1. The van der Waals surface area contributed by atoms with E-state index in [4.69, 9.17) is 0 Å². The number of carbonyl (C=O) groups is 1. The van der Waals surface area contributed by atoms with Crippen LogP contribution in [0.3, 0.4) is 0 Å². The average Bonchev–Trinajstić information content (AvgIpc) is 2.44. The molecule has 0 aliphatic heterocycles. The van der Waals surface area contributed by atoms with Crippen LogP contribution in [0.15, 0.2) is 33.5 Å². The predicted molar refractivity (Wildman–Crippen MR) is 80.8 cm³/mol. The van der Waals surface area contributed by atoms with E-state index in [-0.39, 0.29) is 18.7 Å². The number of ketones is 1. The lowest BCUT2D eigenvalue weighted by atomic mass is 10.1. The van der Waals surface area contributed by atoms with Gasteiger partial charge >= 0.3 is 5.69 Å². The standard InChI is InChI=1S/C15H14BrFN2O2/c1-9-14(16)10(2)19(15(21)18-9)8-12(20)7-11-5-3-4-6-13(11)17/h3-6H,7-8H2,1-2H3. The van der Waals surface area contributed by atoms with Gasteiger partial charge in [0, 0.05) is 12.1 Å². The van der Waals surface area contributed by atoms with E-state index in [1.165, 1.54) is 10.6 Å². The van der Waals surface area contributed by atoms with Crippen molar-refractivity contribution in [3.8, 4) is 0 Å². The van der Waals surface area contributed by atoms with Gasteiger partial charge in [-0.1, -0.05) is 18.2 Å². The summed E-state index contributed by atoms with van der Waals surface area (Å²) in [5.74, 6) is -0.666. The largest absolute Gasteiger partial charge is 0.348 e. The predicted octanol–water partition coefficient (Wildman–Crippen LogP) is 2.57. The van der Waals surface area contributed by atoms with Crippen molar-refractivity contribution in [3.05, 3.63) is 62.0 Å². The molecule has 0 saturated carbocycles. The van der Waals surface area contributed by atoms with Crippen molar-refractivity contribution in [1.82, 2.24) is 9.55 Å². The van der Waals surface area contributed by atoms with Crippen molar-refractivity contribution in [2.75, 3.05) is 0 Å². The molecule has 0 saturated heterocycles. The Bertz CT molecular complexity index is 756. The van der Waals surface area contributed by atoms with E-state index in [1.54, 1.807) is 32.0 Å². The van der Waals surface area contributed by atoms with E-state index >= 15 is 0 Å². The second kappa shape index (κ2) is 6.30. The third-order valence-corrected chi connectivity index (χ3v) is 4.36. The Labute approximate surface area is 129 Å². The number of halogens is 2. The Morgan fingerprint density at radius 1 is 1.33 bits per heavy atom. The van der Waals surface area contributed by atoms with Gasteiger partial charge in [-0.25, -0.2) is 9.18 Å². The zero-order chi connectivity index (χ0) is 15.6. The molecule has 0 N–H and O–H groups in total. The molecule has 1 heterocycles. The van der Waals surface area contributed by atoms with Gasteiger partial charge in [-0.2, -0.15) is 4.98 Å². The van der Waals surface area contributed by atoms with Gasteiger partial charge in [0.05, 0.1) is 16.7 Å². The van der Waals surface area contributed by atoms with Gasteiger partial charge in [-0.05, 0) is 41.4 Å². The van der Waals surface area contributed by atoms with E-state index in [1.807, 2.05) is 0 Å². The number of nitrogens with zero attached hydrogens (tertiary/aromatic N) is 2. The lowest BCUT2D eigenvalue weighted by Crippen LogP contribution is -2.30. The van der Waals surface area contributed by atoms with Crippen LogP contribution in [0.4, 0.5) is 4.39 Å². The molecule has 0 fully saturated rings. The molecule has 1 aromatic carbocycles. The molecule has 0 atom stereocenters. The van der Waals surface area contributed by atoms with Crippen LogP contribution < -0.4 is 5.69 Å². The van der Waals surface area contributed by atoms with Crippen LogP contribution in [-0.4, -0.2) is 15.3 Å². The van der Waals surface area contributed by atoms with E-state index in [9.17, 15) is 14.0 Å². The molecule has 0 aliphatic carbocycles. The Morgan fingerprint density at radius 3 is 2.67 bits per heavy atom. The van der Waals surface area contributed by atoms with E-state index in [0.29, 0.717) is 21.4 Å². The number of carbonyl (C=O) groups excluding carboxylic acids is 1. The minimum atomic E-state index is -0.477. The molecule has 0 aliphatic rings. The molecule has 2 aromatic rings. The van der Waals surface area contributed by atoms with Crippen LogP contribution in [0.5, 0.6) is 0 Å². The molecule has 1 aromatic heterocycles. The first kappa shape index (κ1) is 15.6. The summed E-state index contributed by atoms with van der Waals surface area (Å²) in [4.78, 5) is 27.8. The summed E-state index contributed by atoms with van der Waals surface area (Å²) >= 11 is 3.34. The van der Waals surface area contributed by atoms with Crippen LogP contribution in [0.25, 0.3) is 0 Å². The van der Waals surface area contributed by atoms with Gasteiger partial charge in [0.1, 0.15) is 5.82 Å². The summed E-state index contributed by atoms with van der Waals surface area (Å²) < 4.78 is 15.5. The first-order valence-electron chi connectivity index (χ1n) is 6.38. The van der Waals surface area contributed by atoms with Gasteiger partial charge in [0.2, 0.25) is 0 Å². The molecular weight excluding hydrogens is 339 g/mol. The number of hydrogen-bond donors (Lipinski definition) is 0. The third-order valence-electron chi connectivity index (χ3n) is 3.21. The van der Waals surface area contributed by atoms with E-state index < -0.39 is 11.5 Å².